The maximum Gasteiger partial charge on any atom is 0.251 e. The van der Waals surface area contributed by atoms with Crippen LogP contribution in [-0.2, 0) is 4.79 Å². The number of thioether (sulfide) groups is 1. The number of pyridine rings is 1. The highest BCUT2D eigenvalue weighted by Gasteiger charge is 2.35. The third-order valence-corrected chi connectivity index (χ3v) is 8.66. The van der Waals surface area contributed by atoms with Crippen LogP contribution in [0.4, 0.5) is 5.82 Å². The molecule has 0 bridgehead atoms. The fraction of sp³-hybridized carbons (Fsp3) is 0.464. The lowest BCUT2D eigenvalue weighted by atomic mass is 10.0. The first-order chi connectivity index (χ1) is 18.9. The topological polar surface area (TPSA) is 108 Å². The molecule has 2 aliphatic heterocycles. The van der Waals surface area contributed by atoms with Crippen molar-refractivity contribution in [1.82, 2.24) is 35.1 Å². The molecule has 2 N–H and O–H groups in total. The molecule has 0 aliphatic carbocycles. The monoisotopic (exact) mass is 548 g/mol. The molecule has 1 fully saturated rings. The Morgan fingerprint density at radius 2 is 2.03 bits per heavy atom. The Hall–Kier alpha value is -3.44. The van der Waals surface area contributed by atoms with Crippen LogP contribution in [-0.4, -0.2) is 87.4 Å². The van der Waals surface area contributed by atoms with Crippen LogP contribution < -0.4 is 15.5 Å². The van der Waals surface area contributed by atoms with E-state index < -0.39 is 0 Å². The smallest absolute Gasteiger partial charge is 0.251 e. The summed E-state index contributed by atoms with van der Waals surface area (Å²) < 4.78 is 1.73. The molecule has 1 saturated heterocycles. The van der Waals surface area contributed by atoms with Crippen molar-refractivity contribution >= 4 is 39.9 Å². The van der Waals surface area contributed by atoms with Gasteiger partial charge < -0.3 is 15.5 Å². The molecule has 0 aromatic carbocycles. The van der Waals surface area contributed by atoms with E-state index in [0.717, 1.165) is 42.9 Å². The lowest BCUT2D eigenvalue weighted by Crippen LogP contribution is -2.56. The van der Waals surface area contributed by atoms with Gasteiger partial charge in [0.15, 0.2) is 5.65 Å². The molecule has 0 spiro atoms. The number of likely N-dealkylation sites (N-methyl/N-ethyl adjacent to an activating group) is 2. The third kappa shape index (κ3) is 5.51. The Morgan fingerprint density at radius 3 is 2.69 bits per heavy atom. The zero-order valence-corrected chi connectivity index (χ0v) is 23.8. The van der Waals surface area contributed by atoms with Gasteiger partial charge in [-0.1, -0.05) is 19.9 Å². The second kappa shape index (κ2) is 11.7. The second-order valence-electron chi connectivity index (χ2n) is 9.84. The molecule has 0 unspecified atom stereocenters. The molecule has 39 heavy (non-hydrogen) atoms. The number of carbonyl (C=O) groups excluding carboxylic acids is 2. The molecule has 2 aliphatic rings. The summed E-state index contributed by atoms with van der Waals surface area (Å²) in [7, 11) is 1.64. The Labute approximate surface area is 233 Å². The predicted molar refractivity (Wildman–Crippen MR) is 156 cm³/mol. The van der Waals surface area contributed by atoms with Gasteiger partial charge in [-0.2, -0.15) is 5.10 Å². The Morgan fingerprint density at radius 1 is 1.21 bits per heavy atom. The summed E-state index contributed by atoms with van der Waals surface area (Å²) in [6, 6.07) is 5.45. The quantitative estimate of drug-likeness (QED) is 0.398. The summed E-state index contributed by atoms with van der Waals surface area (Å²) in [5.74, 6) is 1.43. The van der Waals surface area contributed by atoms with Gasteiger partial charge in [0.1, 0.15) is 11.9 Å². The minimum Gasteiger partial charge on any atom is -0.357 e. The van der Waals surface area contributed by atoms with E-state index in [4.69, 9.17) is 9.97 Å². The van der Waals surface area contributed by atoms with Gasteiger partial charge in [0.2, 0.25) is 5.91 Å². The van der Waals surface area contributed by atoms with Gasteiger partial charge in [0, 0.05) is 48.6 Å². The highest BCUT2D eigenvalue weighted by molar-refractivity contribution is 8.08. The number of carbonyl (C=O) groups is 2. The van der Waals surface area contributed by atoms with Gasteiger partial charge in [-0.3, -0.25) is 14.5 Å². The molecule has 0 saturated carbocycles. The van der Waals surface area contributed by atoms with Crippen LogP contribution in [0.25, 0.3) is 21.8 Å². The molecule has 2 atom stereocenters. The number of allylic oxidation sites excluding steroid dienone is 1. The summed E-state index contributed by atoms with van der Waals surface area (Å²) in [5, 5.41) is 10.3. The number of fused-ring (bicyclic) bond motifs is 1. The van der Waals surface area contributed by atoms with Crippen molar-refractivity contribution in [3.8, 4) is 11.3 Å². The van der Waals surface area contributed by atoms with E-state index in [1.165, 1.54) is 4.91 Å². The van der Waals surface area contributed by atoms with Crippen LogP contribution in [0.3, 0.4) is 0 Å². The van der Waals surface area contributed by atoms with E-state index in [1.807, 2.05) is 17.2 Å². The number of nitrogens with one attached hydrogen (secondary N) is 2. The van der Waals surface area contributed by atoms with Gasteiger partial charge in [0.05, 0.1) is 23.1 Å². The highest BCUT2D eigenvalue weighted by atomic mass is 32.2. The van der Waals surface area contributed by atoms with E-state index in [2.05, 4.69) is 47.5 Å². The number of hydrogen-bond donors (Lipinski definition) is 2. The zero-order chi connectivity index (χ0) is 27.5. The average molecular weight is 549 g/mol. The van der Waals surface area contributed by atoms with Crippen LogP contribution in [0.15, 0.2) is 36.7 Å². The number of anilines is 1. The Kier molecular flexibility index (Phi) is 8.18. The van der Waals surface area contributed by atoms with Crippen LogP contribution in [0.2, 0.25) is 0 Å². The molecule has 10 nitrogen and oxygen atoms in total. The SMILES string of the molecule is CCN(CC)[C@@H](C)CNC(=O)c1cc(-c2cnn3ccc(C4=CCCS4)nc23)nc(N2CC[C@H]2C(=O)NC)c1. The average Bonchev–Trinajstić information content (AvgIpc) is 3.61. The van der Waals surface area contributed by atoms with Crippen LogP contribution in [0.1, 0.15) is 49.7 Å². The van der Waals surface area contributed by atoms with E-state index in [0.29, 0.717) is 35.8 Å². The minimum absolute atomic E-state index is 0.0582. The van der Waals surface area contributed by atoms with Crippen LogP contribution >= 0.6 is 11.8 Å². The summed E-state index contributed by atoms with van der Waals surface area (Å²) in [6.45, 7) is 9.43. The standard InChI is InChI=1S/C28H36N8O2S/c1-5-34(6-2)18(3)16-30-27(37)19-14-22(32-25(15-19)35-11-10-23(35)28(38)29-4)20-17-31-36-12-9-21(33-26(20)36)24-8-7-13-39-24/h8-9,12,14-15,17-18,23H,5-7,10-11,13,16H2,1-4H3,(H,29,38)(H,30,37)/t18-,23-/m0/s1. The van der Waals surface area contributed by atoms with E-state index in [-0.39, 0.29) is 23.9 Å². The largest absolute Gasteiger partial charge is 0.357 e. The summed E-state index contributed by atoms with van der Waals surface area (Å²) >= 11 is 1.80. The maximum atomic E-state index is 13.4. The predicted octanol–water partition coefficient (Wildman–Crippen LogP) is 3.05. The molecule has 11 heteroatoms. The molecular formula is C28H36N8O2S. The first-order valence-corrected chi connectivity index (χ1v) is 14.6. The van der Waals surface area contributed by atoms with Crippen molar-refractivity contribution in [3.05, 3.63) is 47.9 Å². The van der Waals surface area contributed by atoms with Crippen LogP contribution in [0, 0.1) is 0 Å². The summed E-state index contributed by atoms with van der Waals surface area (Å²) in [6.07, 6.45) is 7.64. The summed E-state index contributed by atoms with van der Waals surface area (Å²) in [5.41, 5.74) is 3.43. The lowest BCUT2D eigenvalue weighted by molar-refractivity contribution is -0.123. The molecule has 3 aromatic rings. The lowest BCUT2D eigenvalue weighted by Gasteiger charge is -2.40. The Bertz CT molecular complexity index is 1400. The maximum absolute atomic E-state index is 13.4. The van der Waals surface area contributed by atoms with E-state index in [1.54, 1.807) is 41.7 Å². The fourth-order valence-corrected chi connectivity index (χ4v) is 6.09. The number of nitrogens with zero attached hydrogens (tertiary/aromatic N) is 6. The van der Waals surface area contributed by atoms with Crippen molar-refractivity contribution in [3.63, 3.8) is 0 Å². The fourth-order valence-electron chi connectivity index (χ4n) is 5.13. The highest BCUT2D eigenvalue weighted by Crippen LogP contribution is 2.34. The molecular weight excluding hydrogens is 512 g/mol. The molecule has 2 amide bonds. The first kappa shape index (κ1) is 27.1. The van der Waals surface area contributed by atoms with Crippen molar-refractivity contribution in [2.24, 2.45) is 0 Å². The number of hydrogen-bond acceptors (Lipinski definition) is 8. The van der Waals surface area contributed by atoms with Crippen molar-refractivity contribution in [1.29, 1.82) is 0 Å². The van der Waals surface area contributed by atoms with Gasteiger partial charge >= 0.3 is 0 Å². The van der Waals surface area contributed by atoms with Crippen LogP contribution in [0.5, 0.6) is 0 Å². The second-order valence-corrected chi connectivity index (χ2v) is 11.0. The normalized spacial score (nSPS) is 17.7. The van der Waals surface area contributed by atoms with Crippen molar-refractivity contribution in [2.45, 2.75) is 45.7 Å². The Balaban J connectivity index is 1.51. The van der Waals surface area contributed by atoms with Crippen molar-refractivity contribution in [2.75, 3.05) is 43.9 Å². The molecule has 0 radical (unpaired) electrons. The zero-order valence-electron chi connectivity index (χ0n) is 23.0. The molecule has 206 valence electrons. The molecule has 3 aromatic heterocycles. The number of rotatable bonds is 10. The van der Waals surface area contributed by atoms with E-state index in [9.17, 15) is 9.59 Å². The van der Waals surface area contributed by atoms with E-state index >= 15 is 0 Å². The third-order valence-electron chi connectivity index (χ3n) is 7.53. The molecule has 5 rings (SSSR count). The first-order valence-electron chi connectivity index (χ1n) is 13.6. The molecule has 5 heterocycles. The minimum atomic E-state index is -0.309. The number of amides is 2. The van der Waals surface area contributed by atoms with Gasteiger partial charge in [-0.05, 0) is 51.1 Å². The van der Waals surface area contributed by atoms with Gasteiger partial charge in [-0.15, -0.1) is 11.8 Å². The van der Waals surface area contributed by atoms with Gasteiger partial charge in [0.25, 0.3) is 5.91 Å². The van der Waals surface area contributed by atoms with Crippen molar-refractivity contribution < 1.29 is 9.59 Å². The van der Waals surface area contributed by atoms with Gasteiger partial charge in [-0.25, -0.2) is 14.5 Å². The number of aromatic nitrogens is 4. The summed E-state index contributed by atoms with van der Waals surface area (Å²) in [4.78, 5) is 41.1.